The van der Waals surface area contributed by atoms with Gasteiger partial charge in [-0.05, 0) is 56.2 Å². The molecular formula is C23H26Cl2N2O4. The molecule has 2 unspecified atom stereocenters. The number of nitrogens with one attached hydrogen (secondary N) is 1. The monoisotopic (exact) mass is 464 g/mol. The standard InChI is InChI=1S/C23H26Cl2N2O4/c1-14(18-12-17(30-2)7-9-21(18)31-3)26-22(28)16-5-4-10-27(13-16)23(29)15-6-8-19(24)20(25)11-15/h6-9,11-12,14,16H,4-5,10,13H2,1-3H3,(H,26,28). The fraction of sp³-hybridized carbons (Fsp3) is 0.391. The Morgan fingerprint density at radius 3 is 2.55 bits per heavy atom. The van der Waals surface area contributed by atoms with E-state index in [4.69, 9.17) is 32.7 Å². The van der Waals surface area contributed by atoms with Crippen LogP contribution in [0.5, 0.6) is 11.5 Å². The van der Waals surface area contributed by atoms with E-state index in [1.807, 2.05) is 25.1 Å². The van der Waals surface area contributed by atoms with Crippen molar-refractivity contribution in [2.45, 2.75) is 25.8 Å². The summed E-state index contributed by atoms with van der Waals surface area (Å²) in [5, 5.41) is 3.79. The molecule has 0 aromatic heterocycles. The number of hydrogen-bond donors (Lipinski definition) is 1. The first-order valence-corrected chi connectivity index (χ1v) is 10.9. The maximum absolute atomic E-state index is 13.0. The second-order valence-corrected chi connectivity index (χ2v) is 8.37. The van der Waals surface area contributed by atoms with Gasteiger partial charge in [0.2, 0.25) is 5.91 Å². The summed E-state index contributed by atoms with van der Waals surface area (Å²) < 4.78 is 10.7. The topological polar surface area (TPSA) is 67.9 Å². The zero-order valence-corrected chi connectivity index (χ0v) is 19.3. The van der Waals surface area contributed by atoms with Gasteiger partial charge in [-0.3, -0.25) is 9.59 Å². The van der Waals surface area contributed by atoms with Crippen molar-refractivity contribution in [3.05, 3.63) is 57.6 Å². The number of piperidine rings is 1. The number of amides is 2. The van der Waals surface area contributed by atoms with Crippen molar-refractivity contribution in [1.29, 1.82) is 0 Å². The van der Waals surface area contributed by atoms with Crippen LogP contribution in [0.1, 0.15) is 41.7 Å². The number of carbonyl (C=O) groups is 2. The molecule has 1 aliphatic rings. The number of ether oxygens (including phenoxy) is 2. The van der Waals surface area contributed by atoms with E-state index in [2.05, 4.69) is 5.32 Å². The average Bonchev–Trinajstić information content (AvgIpc) is 2.79. The van der Waals surface area contributed by atoms with E-state index in [0.29, 0.717) is 40.2 Å². The number of carbonyl (C=O) groups excluding carboxylic acids is 2. The maximum Gasteiger partial charge on any atom is 0.253 e. The van der Waals surface area contributed by atoms with Crippen molar-refractivity contribution < 1.29 is 19.1 Å². The minimum atomic E-state index is -0.292. The molecule has 31 heavy (non-hydrogen) atoms. The third-order valence-corrected chi connectivity index (χ3v) is 6.25. The van der Waals surface area contributed by atoms with Crippen LogP contribution in [0.3, 0.4) is 0 Å². The van der Waals surface area contributed by atoms with E-state index in [0.717, 1.165) is 18.4 Å². The van der Waals surface area contributed by atoms with Crippen LogP contribution in [0.15, 0.2) is 36.4 Å². The summed E-state index contributed by atoms with van der Waals surface area (Å²) in [7, 11) is 3.18. The predicted molar refractivity (Wildman–Crippen MR) is 121 cm³/mol. The molecule has 1 N–H and O–H groups in total. The van der Waals surface area contributed by atoms with E-state index >= 15 is 0 Å². The first kappa shape index (κ1) is 23.2. The fourth-order valence-corrected chi connectivity index (χ4v) is 4.07. The molecule has 3 rings (SSSR count). The van der Waals surface area contributed by atoms with Gasteiger partial charge in [0.1, 0.15) is 11.5 Å². The molecule has 6 nitrogen and oxygen atoms in total. The summed E-state index contributed by atoms with van der Waals surface area (Å²) in [6, 6.07) is 10.0. The van der Waals surface area contributed by atoms with Gasteiger partial charge in [0.15, 0.2) is 0 Å². The van der Waals surface area contributed by atoms with Crippen LogP contribution in [0.2, 0.25) is 10.0 Å². The van der Waals surface area contributed by atoms with Crippen LogP contribution >= 0.6 is 23.2 Å². The summed E-state index contributed by atoms with van der Waals surface area (Å²) in [6.07, 6.45) is 1.47. The highest BCUT2D eigenvalue weighted by molar-refractivity contribution is 6.42. The van der Waals surface area contributed by atoms with E-state index in [1.165, 1.54) is 0 Å². The lowest BCUT2D eigenvalue weighted by Gasteiger charge is -2.33. The van der Waals surface area contributed by atoms with Crippen molar-refractivity contribution in [3.8, 4) is 11.5 Å². The Kier molecular flexibility index (Phi) is 7.68. The molecule has 0 radical (unpaired) electrons. The molecule has 0 spiro atoms. The Morgan fingerprint density at radius 2 is 1.87 bits per heavy atom. The maximum atomic E-state index is 13.0. The van der Waals surface area contributed by atoms with Crippen LogP contribution < -0.4 is 14.8 Å². The number of rotatable bonds is 6. The first-order valence-electron chi connectivity index (χ1n) is 10.1. The molecule has 2 aromatic rings. The molecule has 166 valence electrons. The molecule has 0 saturated carbocycles. The number of halogens is 2. The number of methoxy groups -OCH3 is 2. The van der Waals surface area contributed by atoms with Crippen LogP contribution in [-0.2, 0) is 4.79 Å². The first-order chi connectivity index (χ1) is 14.8. The molecule has 2 atom stereocenters. The highest BCUT2D eigenvalue weighted by Gasteiger charge is 2.30. The van der Waals surface area contributed by atoms with Gasteiger partial charge < -0.3 is 19.7 Å². The Balaban J connectivity index is 1.68. The van der Waals surface area contributed by atoms with E-state index in [9.17, 15) is 9.59 Å². The van der Waals surface area contributed by atoms with Gasteiger partial charge in [-0.15, -0.1) is 0 Å². The van der Waals surface area contributed by atoms with Gasteiger partial charge in [-0.25, -0.2) is 0 Å². The lowest BCUT2D eigenvalue weighted by Crippen LogP contribution is -2.45. The smallest absolute Gasteiger partial charge is 0.253 e. The summed E-state index contributed by atoms with van der Waals surface area (Å²) >= 11 is 12.0. The van der Waals surface area contributed by atoms with Crippen molar-refractivity contribution in [3.63, 3.8) is 0 Å². The number of benzene rings is 2. The number of nitrogens with zero attached hydrogens (tertiary/aromatic N) is 1. The van der Waals surface area contributed by atoms with Gasteiger partial charge in [0.25, 0.3) is 5.91 Å². The Morgan fingerprint density at radius 1 is 1.10 bits per heavy atom. The molecule has 1 saturated heterocycles. The lowest BCUT2D eigenvalue weighted by atomic mass is 9.95. The number of hydrogen-bond acceptors (Lipinski definition) is 4. The number of likely N-dealkylation sites (tertiary alicyclic amines) is 1. The summed E-state index contributed by atoms with van der Waals surface area (Å²) in [6.45, 7) is 2.85. The van der Waals surface area contributed by atoms with Gasteiger partial charge in [-0.2, -0.15) is 0 Å². The Bertz CT molecular complexity index is 967. The van der Waals surface area contributed by atoms with Gasteiger partial charge >= 0.3 is 0 Å². The third kappa shape index (κ3) is 5.43. The van der Waals surface area contributed by atoms with E-state index in [-0.39, 0.29) is 23.8 Å². The molecular weight excluding hydrogens is 439 g/mol. The van der Waals surface area contributed by atoms with Crippen LogP contribution in [0, 0.1) is 5.92 Å². The fourth-order valence-electron chi connectivity index (χ4n) is 3.77. The van der Waals surface area contributed by atoms with Gasteiger partial charge in [0.05, 0.1) is 36.2 Å². The minimum absolute atomic E-state index is 0.0935. The summed E-state index contributed by atoms with van der Waals surface area (Å²) in [5.41, 5.74) is 1.29. The molecule has 1 heterocycles. The van der Waals surface area contributed by atoms with E-state index < -0.39 is 0 Å². The highest BCUT2D eigenvalue weighted by atomic mass is 35.5. The van der Waals surface area contributed by atoms with Crippen molar-refractivity contribution >= 4 is 35.0 Å². The molecule has 1 fully saturated rings. The molecule has 2 amide bonds. The van der Waals surface area contributed by atoms with Gasteiger partial charge in [0, 0.05) is 24.2 Å². The van der Waals surface area contributed by atoms with E-state index in [1.54, 1.807) is 37.3 Å². The van der Waals surface area contributed by atoms with Gasteiger partial charge in [-0.1, -0.05) is 23.2 Å². The largest absolute Gasteiger partial charge is 0.497 e. The molecule has 0 aliphatic carbocycles. The molecule has 8 heteroatoms. The van der Waals surface area contributed by atoms with Crippen LogP contribution in [-0.4, -0.2) is 44.0 Å². The SMILES string of the molecule is COc1ccc(OC)c(C(C)NC(=O)C2CCCN(C(=O)c3ccc(Cl)c(Cl)c3)C2)c1. The molecule has 1 aliphatic heterocycles. The zero-order valence-electron chi connectivity index (χ0n) is 17.8. The summed E-state index contributed by atoms with van der Waals surface area (Å²) in [5.74, 6) is 0.823. The average molecular weight is 465 g/mol. The Hall–Kier alpha value is -2.44. The highest BCUT2D eigenvalue weighted by Crippen LogP contribution is 2.30. The minimum Gasteiger partial charge on any atom is -0.497 e. The predicted octanol–water partition coefficient (Wildman–Crippen LogP) is 4.74. The second kappa shape index (κ2) is 10.2. The quantitative estimate of drug-likeness (QED) is 0.669. The zero-order chi connectivity index (χ0) is 22.5. The molecule has 0 bridgehead atoms. The van der Waals surface area contributed by atoms with Crippen molar-refractivity contribution in [1.82, 2.24) is 10.2 Å². The lowest BCUT2D eigenvalue weighted by molar-refractivity contribution is -0.127. The Labute approximate surface area is 192 Å². The van der Waals surface area contributed by atoms with Crippen molar-refractivity contribution in [2.75, 3.05) is 27.3 Å². The second-order valence-electron chi connectivity index (χ2n) is 7.56. The third-order valence-electron chi connectivity index (χ3n) is 5.51. The normalized spacial score (nSPS) is 17.1. The summed E-state index contributed by atoms with van der Waals surface area (Å²) in [4.78, 5) is 27.6. The van der Waals surface area contributed by atoms with Crippen LogP contribution in [0.25, 0.3) is 0 Å². The van der Waals surface area contributed by atoms with Crippen LogP contribution in [0.4, 0.5) is 0 Å². The van der Waals surface area contributed by atoms with Crippen molar-refractivity contribution in [2.24, 2.45) is 5.92 Å². The molecule has 2 aromatic carbocycles.